The minimum absolute atomic E-state index is 0.107. The van der Waals surface area contributed by atoms with Crippen LogP contribution in [0.1, 0.15) is 60.6 Å². The Labute approximate surface area is 195 Å². The summed E-state index contributed by atoms with van der Waals surface area (Å²) in [5.74, 6) is -2.73. The van der Waals surface area contributed by atoms with Crippen LogP contribution in [-0.2, 0) is 21.3 Å². The molecule has 0 spiro atoms. The molecule has 0 unspecified atom stereocenters. The van der Waals surface area contributed by atoms with Crippen LogP contribution >= 0.6 is 0 Å². The van der Waals surface area contributed by atoms with Crippen LogP contribution in [0.2, 0.25) is 0 Å². The first kappa shape index (κ1) is 24.2. The number of benzene rings is 2. The number of hydrogen-bond acceptors (Lipinski definition) is 6. The number of nitrogens with zero attached hydrogens (tertiary/aromatic N) is 2. The first-order chi connectivity index (χ1) is 16.2. The zero-order chi connectivity index (χ0) is 24.5. The Hall–Kier alpha value is -2.89. The van der Waals surface area contributed by atoms with Crippen molar-refractivity contribution in [1.29, 1.82) is 0 Å². The highest BCUT2D eigenvalue weighted by Crippen LogP contribution is 2.38. The molecule has 3 aromatic rings. The molecule has 0 saturated carbocycles. The molecule has 1 N–H and O–H groups in total. The summed E-state index contributed by atoms with van der Waals surface area (Å²) in [7, 11) is -3.81. The molecule has 11 heteroatoms. The number of ether oxygens (including phenoxy) is 1. The fourth-order valence-corrected chi connectivity index (χ4v) is 6.45. The Bertz CT molecular complexity index is 1310. The van der Waals surface area contributed by atoms with E-state index < -0.39 is 38.8 Å². The van der Waals surface area contributed by atoms with Gasteiger partial charge in [-0.3, -0.25) is 0 Å². The smallest absolute Gasteiger partial charge is 0.389 e. The predicted octanol–water partition coefficient (Wildman–Crippen LogP) is 3.82. The van der Waals surface area contributed by atoms with Crippen molar-refractivity contribution in [2.24, 2.45) is 0 Å². The van der Waals surface area contributed by atoms with Gasteiger partial charge in [-0.25, -0.2) is 27.1 Å². The molecule has 2 aromatic carbocycles. The third-order valence-corrected chi connectivity index (χ3v) is 8.35. The average Bonchev–Trinajstić information content (AvgIpc) is 3.23. The molecule has 2 heterocycles. The molecule has 1 fully saturated rings. The lowest BCUT2D eigenvalue weighted by atomic mass is 10.0. The van der Waals surface area contributed by atoms with Crippen molar-refractivity contribution in [2.45, 2.75) is 50.6 Å². The number of rotatable bonds is 7. The lowest BCUT2D eigenvalue weighted by molar-refractivity contribution is 0.0676. The largest absolute Gasteiger partial charge is 0.434 e. The second kappa shape index (κ2) is 9.77. The summed E-state index contributed by atoms with van der Waals surface area (Å²) in [6, 6.07) is 10.4. The highest BCUT2D eigenvalue weighted by atomic mass is 32.2. The maximum atomic E-state index is 15.1. The van der Waals surface area contributed by atoms with Gasteiger partial charge >= 0.3 is 5.76 Å². The Morgan fingerprint density at radius 3 is 2.59 bits per heavy atom. The van der Waals surface area contributed by atoms with Crippen molar-refractivity contribution in [3.63, 3.8) is 0 Å². The molecule has 182 valence electrons. The van der Waals surface area contributed by atoms with E-state index in [9.17, 15) is 13.2 Å². The Morgan fingerprint density at radius 1 is 1.21 bits per heavy atom. The molecule has 1 aliphatic rings. The van der Waals surface area contributed by atoms with Crippen molar-refractivity contribution >= 4 is 10.0 Å². The van der Waals surface area contributed by atoms with Gasteiger partial charge in [-0.2, -0.15) is 4.31 Å². The summed E-state index contributed by atoms with van der Waals surface area (Å²) >= 11 is 0. The lowest BCUT2D eigenvalue weighted by Gasteiger charge is -2.37. The molecular formula is C23H25F2N3O5S. The third-order valence-electron chi connectivity index (χ3n) is 5.98. The number of hydrogen-bond donors (Lipinski definition) is 1. The number of aromatic nitrogens is 2. The predicted molar refractivity (Wildman–Crippen MR) is 119 cm³/mol. The van der Waals surface area contributed by atoms with E-state index in [1.54, 1.807) is 38.1 Å². The van der Waals surface area contributed by atoms with Crippen molar-refractivity contribution in [3.8, 4) is 0 Å². The van der Waals surface area contributed by atoms with Gasteiger partial charge in [0.15, 0.2) is 6.10 Å². The number of aromatic amines is 1. The highest BCUT2D eigenvalue weighted by Gasteiger charge is 2.41. The minimum atomic E-state index is -3.81. The summed E-state index contributed by atoms with van der Waals surface area (Å²) < 4.78 is 68.6. The normalized spacial score (nSPS) is 21.4. The zero-order valence-corrected chi connectivity index (χ0v) is 19.5. The molecule has 1 saturated heterocycles. The molecule has 0 amide bonds. The van der Waals surface area contributed by atoms with E-state index in [1.807, 2.05) is 6.07 Å². The van der Waals surface area contributed by atoms with Gasteiger partial charge in [0.25, 0.3) is 5.89 Å². The van der Waals surface area contributed by atoms with Crippen LogP contribution in [0.5, 0.6) is 0 Å². The van der Waals surface area contributed by atoms with Gasteiger partial charge in [-0.1, -0.05) is 30.3 Å². The van der Waals surface area contributed by atoms with Crippen LogP contribution in [0.25, 0.3) is 0 Å². The van der Waals surface area contributed by atoms with Crippen LogP contribution in [0, 0.1) is 11.6 Å². The number of nitrogens with one attached hydrogen (secondary N) is 1. The molecule has 0 bridgehead atoms. The fourth-order valence-electron chi connectivity index (χ4n) is 4.26. The fraction of sp³-hybridized carbons (Fsp3) is 0.391. The Balaban J connectivity index is 1.66. The summed E-state index contributed by atoms with van der Waals surface area (Å²) in [6.07, 6.45) is -0.205. The first-order valence-corrected chi connectivity index (χ1v) is 12.4. The maximum absolute atomic E-state index is 15.1. The van der Waals surface area contributed by atoms with E-state index in [0.717, 1.165) is 12.1 Å². The first-order valence-electron chi connectivity index (χ1n) is 10.9. The van der Waals surface area contributed by atoms with E-state index in [1.165, 1.54) is 4.31 Å². The molecule has 1 aliphatic heterocycles. The molecular weight excluding hydrogens is 468 g/mol. The topological polar surface area (TPSA) is 106 Å². The molecule has 34 heavy (non-hydrogen) atoms. The molecule has 0 radical (unpaired) electrons. The van der Waals surface area contributed by atoms with Gasteiger partial charge in [0, 0.05) is 30.3 Å². The van der Waals surface area contributed by atoms with E-state index in [0.29, 0.717) is 18.4 Å². The summed E-state index contributed by atoms with van der Waals surface area (Å²) in [4.78, 5) is 11.3. The Kier molecular flexibility index (Phi) is 6.96. The van der Waals surface area contributed by atoms with Crippen molar-refractivity contribution in [1.82, 2.24) is 14.5 Å². The molecule has 0 aliphatic carbocycles. The second-order valence-electron chi connectivity index (χ2n) is 8.17. The van der Waals surface area contributed by atoms with Crippen molar-refractivity contribution < 1.29 is 26.4 Å². The third kappa shape index (κ3) is 4.68. The number of halogens is 2. The van der Waals surface area contributed by atoms with Gasteiger partial charge in [-0.15, -0.1) is 5.10 Å². The monoisotopic (exact) mass is 493 g/mol. The van der Waals surface area contributed by atoms with Gasteiger partial charge in [0.05, 0.1) is 0 Å². The van der Waals surface area contributed by atoms with E-state index in [-0.39, 0.29) is 36.2 Å². The summed E-state index contributed by atoms with van der Waals surface area (Å²) in [5.41, 5.74) is 0.348. The van der Waals surface area contributed by atoms with E-state index in [4.69, 9.17) is 9.15 Å². The minimum Gasteiger partial charge on any atom is -0.389 e. The van der Waals surface area contributed by atoms with Crippen LogP contribution in [0.4, 0.5) is 8.78 Å². The number of H-pyrrole nitrogens is 1. The van der Waals surface area contributed by atoms with E-state index in [2.05, 4.69) is 10.2 Å². The molecule has 4 rings (SSSR count). The summed E-state index contributed by atoms with van der Waals surface area (Å²) in [6.45, 7) is 3.21. The van der Waals surface area contributed by atoms with Gasteiger partial charge < -0.3 is 9.15 Å². The SMILES string of the molecule is CCO[C@@H](c1n[nH]c(=O)o1)c1cc(F)c(CN2[C@@H](C)CC[C@H](c3ccccc3)S2(=O)=O)cc1F. The molecule has 3 atom stereocenters. The zero-order valence-electron chi connectivity index (χ0n) is 18.7. The quantitative estimate of drug-likeness (QED) is 0.537. The van der Waals surface area contributed by atoms with Crippen LogP contribution < -0.4 is 5.76 Å². The average molecular weight is 494 g/mol. The van der Waals surface area contributed by atoms with Crippen molar-refractivity contribution in [2.75, 3.05) is 6.61 Å². The van der Waals surface area contributed by atoms with Crippen LogP contribution in [-0.4, -0.2) is 35.6 Å². The molecule has 8 nitrogen and oxygen atoms in total. The highest BCUT2D eigenvalue weighted by molar-refractivity contribution is 7.89. The van der Waals surface area contributed by atoms with Crippen LogP contribution in [0.3, 0.4) is 0 Å². The van der Waals surface area contributed by atoms with Crippen molar-refractivity contribution in [3.05, 3.63) is 87.2 Å². The number of sulfonamides is 1. The lowest BCUT2D eigenvalue weighted by Crippen LogP contribution is -2.44. The Morgan fingerprint density at radius 2 is 1.94 bits per heavy atom. The van der Waals surface area contributed by atoms with Gasteiger partial charge in [0.2, 0.25) is 10.0 Å². The maximum Gasteiger partial charge on any atom is 0.434 e. The van der Waals surface area contributed by atoms with Crippen LogP contribution in [0.15, 0.2) is 51.7 Å². The van der Waals surface area contributed by atoms with Gasteiger partial charge in [-0.05, 0) is 44.4 Å². The standard InChI is InChI=1S/C23H25F2N3O5S/c1-3-32-21(22-26-27-23(29)33-22)17-12-18(24)16(11-19(17)25)13-28-14(2)9-10-20(34(28,30)31)15-7-5-4-6-8-15/h4-8,11-12,14,20-21H,3,9-10,13H2,1-2H3,(H,27,29)/t14-,20+,21+/m0/s1. The van der Waals surface area contributed by atoms with E-state index >= 15 is 8.78 Å². The van der Waals surface area contributed by atoms with Gasteiger partial charge in [0.1, 0.15) is 16.9 Å². The molecule has 1 aromatic heterocycles. The second-order valence-corrected chi connectivity index (χ2v) is 10.2. The summed E-state index contributed by atoms with van der Waals surface area (Å²) in [5, 5.41) is 4.98.